The first kappa shape index (κ1) is 12.7. The van der Waals surface area contributed by atoms with E-state index in [0.29, 0.717) is 26.9 Å². The fourth-order valence-electron chi connectivity index (χ4n) is 1.68. The van der Waals surface area contributed by atoms with Gasteiger partial charge in [-0.2, -0.15) is 0 Å². The van der Waals surface area contributed by atoms with E-state index in [1.807, 2.05) is 0 Å². The average Bonchev–Trinajstić information content (AvgIpc) is 2.28. The third-order valence-electron chi connectivity index (χ3n) is 2.50. The van der Waals surface area contributed by atoms with E-state index in [9.17, 15) is 4.79 Å². The second-order valence-electron chi connectivity index (χ2n) is 3.73. The minimum absolute atomic E-state index is 0.147. The summed E-state index contributed by atoms with van der Waals surface area (Å²) < 4.78 is 0. The van der Waals surface area contributed by atoms with Gasteiger partial charge in [0.1, 0.15) is 0 Å². The highest BCUT2D eigenvalue weighted by molar-refractivity contribution is 6.36. The maximum absolute atomic E-state index is 11.2. The van der Waals surface area contributed by atoms with E-state index >= 15 is 0 Å². The molecule has 0 unspecified atom stereocenters. The summed E-state index contributed by atoms with van der Waals surface area (Å²) in [6, 6.07) is 9.46. The normalized spacial score (nSPS) is 10.3. The largest absolute Gasteiger partial charge is 0.478 e. The summed E-state index contributed by atoms with van der Waals surface area (Å²) in [6.07, 6.45) is 0. The third kappa shape index (κ3) is 2.42. The van der Waals surface area contributed by atoms with Crippen molar-refractivity contribution >= 4 is 34.9 Å². The van der Waals surface area contributed by atoms with E-state index in [1.54, 1.807) is 24.3 Å². The average molecular weight is 282 g/mol. The zero-order chi connectivity index (χ0) is 13.3. The summed E-state index contributed by atoms with van der Waals surface area (Å²) in [7, 11) is 0. The first-order chi connectivity index (χ1) is 8.49. The van der Waals surface area contributed by atoms with Crippen LogP contribution in [0.15, 0.2) is 36.4 Å². The first-order valence-corrected chi connectivity index (χ1v) is 5.83. The van der Waals surface area contributed by atoms with E-state index < -0.39 is 5.97 Å². The van der Waals surface area contributed by atoms with E-state index in [4.69, 9.17) is 34.0 Å². The Morgan fingerprint density at radius 2 is 1.78 bits per heavy atom. The molecular formula is C13H9Cl2NO2. The van der Waals surface area contributed by atoms with Gasteiger partial charge in [0.05, 0.1) is 5.56 Å². The smallest absolute Gasteiger partial charge is 0.336 e. The number of halogens is 2. The van der Waals surface area contributed by atoms with Crippen molar-refractivity contribution in [2.75, 3.05) is 5.73 Å². The lowest BCUT2D eigenvalue weighted by Gasteiger charge is -2.09. The van der Waals surface area contributed by atoms with Crippen LogP contribution in [0.25, 0.3) is 11.1 Å². The van der Waals surface area contributed by atoms with Crippen LogP contribution in [0.4, 0.5) is 5.69 Å². The summed E-state index contributed by atoms with van der Waals surface area (Å²) in [5.41, 5.74) is 7.37. The quantitative estimate of drug-likeness (QED) is 0.820. The van der Waals surface area contributed by atoms with Gasteiger partial charge in [-0.15, -0.1) is 0 Å². The van der Waals surface area contributed by atoms with Gasteiger partial charge in [0.25, 0.3) is 0 Å². The van der Waals surface area contributed by atoms with Gasteiger partial charge < -0.3 is 10.8 Å². The molecule has 0 bridgehead atoms. The molecule has 2 aromatic rings. The Morgan fingerprint density at radius 1 is 1.06 bits per heavy atom. The molecule has 0 saturated carbocycles. The first-order valence-electron chi connectivity index (χ1n) is 5.07. The van der Waals surface area contributed by atoms with Crippen molar-refractivity contribution in [2.45, 2.75) is 0 Å². The Bertz CT molecular complexity index is 626. The van der Waals surface area contributed by atoms with Crippen LogP contribution in [-0.2, 0) is 0 Å². The molecule has 0 aliphatic rings. The van der Waals surface area contributed by atoms with Crippen molar-refractivity contribution in [3.63, 3.8) is 0 Å². The Labute approximate surface area is 114 Å². The molecule has 0 aliphatic heterocycles. The molecule has 2 rings (SSSR count). The minimum Gasteiger partial charge on any atom is -0.478 e. The highest BCUT2D eigenvalue weighted by Crippen LogP contribution is 2.33. The number of hydrogen-bond donors (Lipinski definition) is 2. The van der Waals surface area contributed by atoms with Crippen molar-refractivity contribution in [3.05, 3.63) is 52.0 Å². The molecule has 0 amide bonds. The van der Waals surface area contributed by atoms with Crippen LogP contribution in [0.1, 0.15) is 10.4 Å². The number of carboxylic acid groups (broad SMARTS) is 1. The van der Waals surface area contributed by atoms with Crippen molar-refractivity contribution in [1.29, 1.82) is 0 Å². The molecule has 0 fully saturated rings. The number of rotatable bonds is 2. The molecule has 0 spiro atoms. The highest BCUT2D eigenvalue weighted by atomic mass is 35.5. The van der Waals surface area contributed by atoms with Crippen LogP contribution in [-0.4, -0.2) is 11.1 Å². The fourth-order valence-corrected chi connectivity index (χ4v) is 2.19. The number of carbonyl (C=O) groups is 1. The molecule has 92 valence electrons. The number of benzene rings is 2. The maximum atomic E-state index is 11.2. The van der Waals surface area contributed by atoms with Gasteiger partial charge in [0.2, 0.25) is 0 Å². The minimum atomic E-state index is -1.03. The molecule has 5 heteroatoms. The predicted molar refractivity (Wildman–Crippen MR) is 73.3 cm³/mol. The third-order valence-corrected chi connectivity index (χ3v) is 3.04. The van der Waals surface area contributed by atoms with Gasteiger partial charge in [0, 0.05) is 21.3 Å². The van der Waals surface area contributed by atoms with Gasteiger partial charge in [-0.05, 0) is 35.9 Å². The summed E-state index contributed by atoms with van der Waals surface area (Å²) in [5.74, 6) is -1.03. The Morgan fingerprint density at radius 3 is 2.39 bits per heavy atom. The van der Waals surface area contributed by atoms with Gasteiger partial charge in [-0.1, -0.05) is 29.3 Å². The van der Waals surface area contributed by atoms with E-state index in [-0.39, 0.29) is 5.56 Å². The highest BCUT2D eigenvalue weighted by Gasteiger charge is 2.14. The molecule has 0 saturated heterocycles. The molecule has 0 radical (unpaired) electrons. The van der Waals surface area contributed by atoms with Crippen molar-refractivity contribution in [3.8, 4) is 11.1 Å². The number of nitrogen functional groups attached to an aromatic ring is 1. The lowest BCUT2D eigenvalue weighted by Crippen LogP contribution is -2.01. The SMILES string of the molecule is Nc1ccc(C(=O)O)c(-c2ccc(Cl)cc2Cl)c1. The summed E-state index contributed by atoms with van der Waals surface area (Å²) in [6.45, 7) is 0. The molecule has 3 nitrogen and oxygen atoms in total. The second kappa shape index (κ2) is 4.88. The number of nitrogens with two attached hydrogens (primary N) is 1. The predicted octanol–water partition coefficient (Wildman–Crippen LogP) is 3.94. The monoisotopic (exact) mass is 281 g/mol. The molecule has 18 heavy (non-hydrogen) atoms. The van der Waals surface area contributed by atoms with Crippen LogP contribution in [0.5, 0.6) is 0 Å². The molecule has 0 aromatic heterocycles. The second-order valence-corrected chi connectivity index (χ2v) is 4.58. The Hall–Kier alpha value is -1.71. The van der Waals surface area contributed by atoms with E-state index in [2.05, 4.69) is 0 Å². The molecular weight excluding hydrogens is 273 g/mol. The molecule has 0 aliphatic carbocycles. The lowest BCUT2D eigenvalue weighted by molar-refractivity contribution is 0.0698. The molecule has 0 atom stereocenters. The van der Waals surface area contributed by atoms with Gasteiger partial charge in [-0.25, -0.2) is 4.79 Å². The zero-order valence-electron chi connectivity index (χ0n) is 9.15. The van der Waals surface area contributed by atoms with Crippen molar-refractivity contribution < 1.29 is 9.90 Å². The van der Waals surface area contributed by atoms with Crippen LogP contribution in [0.3, 0.4) is 0 Å². The number of carboxylic acids is 1. The number of hydrogen-bond acceptors (Lipinski definition) is 2. The molecule has 0 heterocycles. The fraction of sp³-hybridized carbons (Fsp3) is 0. The van der Waals surface area contributed by atoms with Crippen molar-refractivity contribution in [1.82, 2.24) is 0 Å². The van der Waals surface area contributed by atoms with E-state index in [1.165, 1.54) is 12.1 Å². The molecule has 3 N–H and O–H groups in total. The number of anilines is 1. The maximum Gasteiger partial charge on any atom is 0.336 e. The standard InChI is InChI=1S/C13H9Cl2NO2/c14-7-1-3-9(12(15)5-7)11-6-8(16)2-4-10(11)13(17)18/h1-6H,16H2,(H,17,18). The van der Waals surface area contributed by atoms with Crippen LogP contribution in [0.2, 0.25) is 10.0 Å². The van der Waals surface area contributed by atoms with Crippen molar-refractivity contribution in [2.24, 2.45) is 0 Å². The van der Waals surface area contributed by atoms with E-state index in [0.717, 1.165) is 0 Å². The van der Waals surface area contributed by atoms with Crippen LogP contribution in [0, 0.1) is 0 Å². The zero-order valence-corrected chi connectivity index (χ0v) is 10.7. The summed E-state index contributed by atoms with van der Waals surface area (Å²) >= 11 is 11.9. The van der Waals surface area contributed by atoms with Gasteiger partial charge in [0.15, 0.2) is 0 Å². The summed E-state index contributed by atoms with van der Waals surface area (Å²) in [5, 5.41) is 10.0. The number of aromatic carboxylic acids is 1. The lowest BCUT2D eigenvalue weighted by atomic mass is 9.99. The van der Waals surface area contributed by atoms with Gasteiger partial charge in [-0.3, -0.25) is 0 Å². The van der Waals surface area contributed by atoms with Crippen LogP contribution < -0.4 is 5.73 Å². The Balaban J connectivity index is 2.69. The molecule has 2 aromatic carbocycles. The Kier molecular flexibility index (Phi) is 3.45. The van der Waals surface area contributed by atoms with Gasteiger partial charge >= 0.3 is 5.97 Å². The summed E-state index contributed by atoms with van der Waals surface area (Å²) in [4.78, 5) is 11.2. The van der Waals surface area contributed by atoms with Crippen LogP contribution >= 0.6 is 23.2 Å². The topological polar surface area (TPSA) is 63.3 Å².